The molecule has 1 aromatic rings. The molecule has 0 aliphatic heterocycles. The van der Waals surface area contributed by atoms with Gasteiger partial charge in [-0.25, -0.2) is 4.79 Å². The number of rotatable bonds is 6. The van der Waals surface area contributed by atoms with Gasteiger partial charge in [-0.3, -0.25) is 14.9 Å². The van der Waals surface area contributed by atoms with Crippen molar-refractivity contribution in [3.63, 3.8) is 0 Å². The SMILES string of the molecule is Cc1noc(C)c1CNC(=O)NC(=O)CCCC(=O)O. The molecule has 8 nitrogen and oxygen atoms in total. The smallest absolute Gasteiger partial charge is 0.321 e. The summed E-state index contributed by atoms with van der Waals surface area (Å²) < 4.78 is 4.94. The van der Waals surface area contributed by atoms with Crippen LogP contribution in [0, 0.1) is 13.8 Å². The lowest BCUT2D eigenvalue weighted by molar-refractivity contribution is -0.137. The summed E-state index contributed by atoms with van der Waals surface area (Å²) in [6.07, 6.45) is 0.0808. The number of hydrogen-bond acceptors (Lipinski definition) is 5. The summed E-state index contributed by atoms with van der Waals surface area (Å²) in [5, 5.41) is 16.8. The third-order valence-electron chi connectivity index (χ3n) is 2.65. The number of urea groups is 1. The van der Waals surface area contributed by atoms with Crippen LogP contribution in [0.3, 0.4) is 0 Å². The summed E-state index contributed by atoms with van der Waals surface area (Å²) >= 11 is 0. The quantitative estimate of drug-likeness (QED) is 0.712. The van der Waals surface area contributed by atoms with E-state index >= 15 is 0 Å². The molecule has 8 heteroatoms. The standard InChI is InChI=1S/C12H17N3O5/c1-7-9(8(2)20-15-7)6-13-12(19)14-10(16)4-3-5-11(17)18/h3-6H2,1-2H3,(H,17,18)(H2,13,14,16,19). The van der Waals surface area contributed by atoms with Crippen LogP contribution < -0.4 is 10.6 Å². The van der Waals surface area contributed by atoms with E-state index in [9.17, 15) is 14.4 Å². The molecule has 20 heavy (non-hydrogen) atoms. The Kier molecular flexibility index (Phi) is 5.70. The van der Waals surface area contributed by atoms with E-state index in [2.05, 4.69) is 15.8 Å². The van der Waals surface area contributed by atoms with Gasteiger partial charge in [-0.1, -0.05) is 5.16 Å². The van der Waals surface area contributed by atoms with Crippen LogP contribution in [-0.2, 0) is 16.1 Å². The third-order valence-corrected chi connectivity index (χ3v) is 2.65. The monoisotopic (exact) mass is 283 g/mol. The van der Waals surface area contributed by atoms with E-state index in [4.69, 9.17) is 9.63 Å². The van der Waals surface area contributed by atoms with Crippen LogP contribution in [0.2, 0.25) is 0 Å². The fourth-order valence-corrected chi connectivity index (χ4v) is 1.56. The van der Waals surface area contributed by atoms with Crippen molar-refractivity contribution in [3.05, 3.63) is 17.0 Å². The van der Waals surface area contributed by atoms with Gasteiger partial charge in [0.15, 0.2) is 0 Å². The van der Waals surface area contributed by atoms with Crippen molar-refractivity contribution in [2.45, 2.75) is 39.7 Å². The van der Waals surface area contributed by atoms with Gasteiger partial charge < -0.3 is 14.9 Å². The van der Waals surface area contributed by atoms with Gasteiger partial charge in [-0.15, -0.1) is 0 Å². The number of carbonyl (C=O) groups excluding carboxylic acids is 2. The van der Waals surface area contributed by atoms with Gasteiger partial charge in [0, 0.05) is 24.9 Å². The first-order valence-corrected chi connectivity index (χ1v) is 6.11. The van der Waals surface area contributed by atoms with Gasteiger partial charge in [0.05, 0.1) is 5.69 Å². The molecule has 0 aliphatic rings. The highest BCUT2D eigenvalue weighted by atomic mass is 16.5. The highest BCUT2D eigenvalue weighted by Gasteiger charge is 2.12. The van der Waals surface area contributed by atoms with E-state index in [1.165, 1.54) is 0 Å². The maximum Gasteiger partial charge on any atom is 0.321 e. The van der Waals surface area contributed by atoms with Gasteiger partial charge in [0.25, 0.3) is 0 Å². The van der Waals surface area contributed by atoms with Crippen molar-refractivity contribution in [1.29, 1.82) is 0 Å². The van der Waals surface area contributed by atoms with Crippen LogP contribution >= 0.6 is 0 Å². The molecule has 3 amide bonds. The third kappa shape index (κ3) is 5.09. The topological polar surface area (TPSA) is 122 Å². The van der Waals surface area contributed by atoms with E-state index in [0.717, 1.165) is 5.56 Å². The van der Waals surface area contributed by atoms with Gasteiger partial charge in [0.2, 0.25) is 5.91 Å². The van der Waals surface area contributed by atoms with Gasteiger partial charge in [-0.05, 0) is 20.3 Å². The summed E-state index contributed by atoms with van der Waals surface area (Å²) in [6.45, 7) is 3.68. The number of imide groups is 1. The Bertz CT molecular complexity index is 490. The average molecular weight is 283 g/mol. The summed E-state index contributed by atoms with van der Waals surface area (Å²) in [6, 6.07) is -0.634. The molecule has 0 bridgehead atoms. The first-order valence-electron chi connectivity index (χ1n) is 6.11. The maximum atomic E-state index is 11.5. The lowest BCUT2D eigenvalue weighted by Crippen LogP contribution is -2.39. The number of amides is 3. The molecule has 0 radical (unpaired) electrons. The number of hydrogen-bond donors (Lipinski definition) is 3. The summed E-state index contributed by atoms with van der Waals surface area (Å²) in [5.41, 5.74) is 1.44. The molecular formula is C12H17N3O5. The summed E-state index contributed by atoms with van der Waals surface area (Å²) in [7, 11) is 0. The highest BCUT2D eigenvalue weighted by molar-refractivity contribution is 5.94. The van der Waals surface area contributed by atoms with E-state index in [1.54, 1.807) is 13.8 Å². The second kappa shape index (κ2) is 7.27. The molecule has 0 aromatic carbocycles. The Morgan fingerprint density at radius 3 is 2.50 bits per heavy atom. The highest BCUT2D eigenvalue weighted by Crippen LogP contribution is 2.11. The van der Waals surface area contributed by atoms with Gasteiger partial charge in [0.1, 0.15) is 5.76 Å². The van der Waals surface area contributed by atoms with E-state index in [0.29, 0.717) is 11.5 Å². The summed E-state index contributed by atoms with van der Waals surface area (Å²) in [4.78, 5) is 33.1. The van der Waals surface area contributed by atoms with Crippen LogP contribution in [0.15, 0.2) is 4.52 Å². The minimum Gasteiger partial charge on any atom is -0.481 e. The van der Waals surface area contributed by atoms with E-state index in [-0.39, 0.29) is 25.8 Å². The molecule has 0 spiro atoms. The van der Waals surface area contributed by atoms with Gasteiger partial charge >= 0.3 is 12.0 Å². The second-order valence-electron chi connectivity index (χ2n) is 4.28. The van der Waals surface area contributed by atoms with E-state index in [1.807, 2.05) is 0 Å². The average Bonchev–Trinajstić information content (AvgIpc) is 2.66. The van der Waals surface area contributed by atoms with Crippen LogP contribution in [0.1, 0.15) is 36.3 Å². The van der Waals surface area contributed by atoms with Crippen molar-refractivity contribution in [3.8, 4) is 0 Å². The molecular weight excluding hydrogens is 266 g/mol. The lowest BCUT2D eigenvalue weighted by Gasteiger charge is -2.06. The predicted octanol–water partition coefficient (Wildman–Crippen LogP) is 0.872. The Morgan fingerprint density at radius 2 is 1.95 bits per heavy atom. The van der Waals surface area contributed by atoms with E-state index < -0.39 is 17.9 Å². The molecule has 110 valence electrons. The number of carboxylic acids is 1. The molecule has 0 fully saturated rings. The molecule has 1 heterocycles. The molecule has 0 unspecified atom stereocenters. The van der Waals surface area contributed by atoms with Crippen molar-refractivity contribution >= 4 is 17.9 Å². The zero-order valence-electron chi connectivity index (χ0n) is 11.4. The van der Waals surface area contributed by atoms with Crippen LogP contribution in [0.5, 0.6) is 0 Å². The maximum absolute atomic E-state index is 11.5. The fraction of sp³-hybridized carbons (Fsp3) is 0.500. The Hall–Kier alpha value is -2.38. The van der Waals surface area contributed by atoms with Crippen LogP contribution in [0.25, 0.3) is 0 Å². The molecule has 0 atom stereocenters. The Morgan fingerprint density at radius 1 is 1.25 bits per heavy atom. The number of nitrogens with one attached hydrogen (secondary N) is 2. The minimum absolute atomic E-state index is 0.00889. The van der Waals surface area contributed by atoms with Crippen LogP contribution in [0.4, 0.5) is 4.79 Å². The Balaban J connectivity index is 2.30. The van der Waals surface area contributed by atoms with Crippen molar-refractivity contribution in [2.75, 3.05) is 0 Å². The summed E-state index contributed by atoms with van der Waals surface area (Å²) in [5.74, 6) is -0.876. The lowest BCUT2D eigenvalue weighted by atomic mass is 10.2. The minimum atomic E-state index is -0.972. The zero-order valence-corrected chi connectivity index (χ0v) is 11.4. The molecule has 0 saturated carbocycles. The van der Waals surface area contributed by atoms with Crippen LogP contribution in [-0.4, -0.2) is 28.2 Å². The largest absolute Gasteiger partial charge is 0.481 e. The first kappa shape index (κ1) is 15.7. The number of nitrogens with zero attached hydrogens (tertiary/aromatic N) is 1. The number of aryl methyl sites for hydroxylation is 2. The zero-order chi connectivity index (χ0) is 15.1. The first-order chi connectivity index (χ1) is 9.40. The number of aromatic nitrogens is 1. The molecule has 1 aromatic heterocycles. The predicted molar refractivity (Wildman–Crippen MR) is 67.8 cm³/mol. The van der Waals surface area contributed by atoms with Crippen molar-refractivity contribution in [1.82, 2.24) is 15.8 Å². The van der Waals surface area contributed by atoms with Crippen molar-refractivity contribution < 1.29 is 24.0 Å². The molecule has 0 aliphatic carbocycles. The number of carboxylic acid groups (broad SMARTS) is 1. The van der Waals surface area contributed by atoms with Gasteiger partial charge in [-0.2, -0.15) is 0 Å². The Labute approximate surface area is 115 Å². The second-order valence-corrected chi connectivity index (χ2v) is 4.28. The molecule has 1 rings (SSSR count). The fourth-order valence-electron chi connectivity index (χ4n) is 1.56. The molecule has 3 N–H and O–H groups in total. The normalized spacial score (nSPS) is 10.1. The number of aliphatic carboxylic acids is 1. The molecule has 0 saturated heterocycles. The number of carbonyl (C=O) groups is 3. The van der Waals surface area contributed by atoms with Crippen molar-refractivity contribution in [2.24, 2.45) is 0 Å².